The first kappa shape index (κ1) is 21.0. The largest absolute Gasteiger partial charge is 0.376 e. The maximum absolute atomic E-state index is 12.4. The molecule has 0 saturated heterocycles. The molecule has 0 heterocycles. The van der Waals surface area contributed by atoms with Crippen molar-refractivity contribution in [3.63, 3.8) is 0 Å². The third-order valence-corrected chi connectivity index (χ3v) is 4.10. The van der Waals surface area contributed by atoms with E-state index in [0.717, 1.165) is 0 Å². The molecule has 0 aliphatic carbocycles. The van der Waals surface area contributed by atoms with Crippen LogP contribution in [0.1, 0.15) is 31.1 Å². The average molecular weight is 382 g/mol. The predicted octanol–water partition coefficient (Wildman–Crippen LogP) is 3.18. The van der Waals surface area contributed by atoms with E-state index in [2.05, 4.69) is 16.0 Å². The number of amides is 3. The fraction of sp³-hybridized carbons (Fsp3) is 0.286. The van der Waals surface area contributed by atoms with Crippen LogP contribution in [0, 0.1) is 0 Å². The molecule has 2 aromatic carbocycles. The Morgan fingerprint density at radius 1 is 0.857 bits per heavy atom. The van der Waals surface area contributed by atoms with Crippen LogP contribution in [-0.2, 0) is 9.59 Å². The van der Waals surface area contributed by atoms with E-state index in [1.807, 2.05) is 19.9 Å². The average Bonchev–Trinajstić information content (AvgIpc) is 2.68. The van der Waals surface area contributed by atoms with Gasteiger partial charge in [0.2, 0.25) is 11.8 Å². The van der Waals surface area contributed by atoms with Gasteiger partial charge in [-0.05, 0) is 56.3 Å². The predicted molar refractivity (Wildman–Crippen MR) is 112 cm³/mol. The molecule has 0 fully saturated rings. The maximum atomic E-state index is 12.4. The quantitative estimate of drug-likeness (QED) is 0.654. The van der Waals surface area contributed by atoms with Gasteiger partial charge in [-0.25, -0.2) is 0 Å². The number of hydrogen-bond donors (Lipinski definition) is 3. The molecule has 2 rings (SSSR count). The van der Waals surface area contributed by atoms with Gasteiger partial charge in [0.1, 0.15) is 0 Å². The SMILES string of the molecule is CCN(CC)C(=O)c1cccc(NCC(=O)Nc2ccc(NC(C)=O)cc2)c1. The van der Waals surface area contributed by atoms with Crippen LogP contribution in [0.3, 0.4) is 0 Å². The van der Waals surface area contributed by atoms with Crippen molar-refractivity contribution < 1.29 is 14.4 Å². The van der Waals surface area contributed by atoms with E-state index in [1.165, 1.54) is 6.92 Å². The second-order valence-corrected chi connectivity index (χ2v) is 6.22. The zero-order valence-electron chi connectivity index (χ0n) is 16.4. The van der Waals surface area contributed by atoms with Crippen LogP contribution < -0.4 is 16.0 Å². The number of rotatable bonds is 8. The van der Waals surface area contributed by atoms with Gasteiger partial charge in [-0.15, -0.1) is 0 Å². The van der Waals surface area contributed by atoms with Crippen LogP contribution in [0.5, 0.6) is 0 Å². The Bertz CT molecular complexity index is 830. The minimum Gasteiger partial charge on any atom is -0.376 e. The third kappa shape index (κ3) is 6.12. The lowest BCUT2D eigenvalue weighted by Crippen LogP contribution is -2.30. The molecule has 0 saturated carbocycles. The highest BCUT2D eigenvalue weighted by Crippen LogP contribution is 2.15. The maximum Gasteiger partial charge on any atom is 0.253 e. The van der Waals surface area contributed by atoms with Gasteiger partial charge < -0.3 is 20.9 Å². The Morgan fingerprint density at radius 3 is 2.04 bits per heavy atom. The first-order valence-corrected chi connectivity index (χ1v) is 9.23. The zero-order chi connectivity index (χ0) is 20.5. The molecule has 3 amide bonds. The molecule has 2 aromatic rings. The molecule has 0 radical (unpaired) electrons. The molecular weight excluding hydrogens is 356 g/mol. The Kier molecular flexibility index (Phi) is 7.56. The van der Waals surface area contributed by atoms with Crippen LogP contribution in [0.15, 0.2) is 48.5 Å². The van der Waals surface area contributed by atoms with Crippen molar-refractivity contribution in [2.75, 3.05) is 35.6 Å². The first-order valence-electron chi connectivity index (χ1n) is 9.23. The van der Waals surface area contributed by atoms with Gasteiger partial charge in [0, 0.05) is 42.6 Å². The normalized spacial score (nSPS) is 10.1. The van der Waals surface area contributed by atoms with E-state index in [1.54, 1.807) is 47.4 Å². The van der Waals surface area contributed by atoms with Crippen LogP contribution in [0.2, 0.25) is 0 Å². The molecule has 0 atom stereocenters. The van der Waals surface area contributed by atoms with Gasteiger partial charge in [0.15, 0.2) is 0 Å². The molecule has 0 aliphatic rings. The van der Waals surface area contributed by atoms with E-state index in [9.17, 15) is 14.4 Å². The van der Waals surface area contributed by atoms with Gasteiger partial charge >= 0.3 is 0 Å². The highest BCUT2D eigenvalue weighted by Gasteiger charge is 2.12. The van der Waals surface area contributed by atoms with Crippen molar-refractivity contribution in [3.05, 3.63) is 54.1 Å². The van der Waals surface area contributed by atoms with Crippen LogP contribution in [0.25, 0.3) is 0 Å². The fourth-order valence-corrected chi connectivity index (χ4v) is 2.68. The van der Waals surface area contributed by atoms with Crippen LogP contribution in [-0.4, -0.2) is 42.3 Å². The number of nitrogens with one attached hydrogen (secondary N) is 3. The lowest BCUT2D eigenvalue weighted by molar-refractivity contribution is -0.115. The van der Waals surface area contributed by atoms with Crippen molar-refractivity contribution in [1.82, 2.24) is 4.90 Å². The second-order valence-electron chi connectivity index (χ2n) is 6.22. The summed E-state index contributed by atoms with van der Waals surface area (Å²) in [5, 5.41) is 8.48. The number of anilines is 3. The van der Waals surface area contributed by atoms with Gasteiger partial charge in [0.05, 0.1) is 6.54 Å². The number of benzene rings is 2. The summed E-state index contributed by atoms with van der Waals surface area (Å²) in [6, 6.07) is 14.0. The van der Waals surface area contributed by atoms with Crippen molar-refractivity contribution in [3.8, 4) is 0 Å². The molecule has 0 aromatic heterocycles. The van der Waals surface area contributed by atoms with Gasteiger partial charge in [-0.3, -0.25) is 14.4 Å². The lowest BCUT2D eigenvalue weighted by Gasteiger charge is -2.19. The van der Waals surface area contributed by atoms with E-state index in [4.69, 9.17) is 0 Å². The molecule has 7 nitrogen and oxygen atoms in total. The highest BCUT2D eigenvalue weighted by molar-refractivity contribution is 5.96. The molecule has 3 N–H and O–H groups in total. The molecule has 148 valence electrons. The number of carbonyl (C=O) groups is 3. The Morgan fingerprint density at radius 2 is 1.46 bits per heavy atom. The van der Waals surface area contributed by atoms with Crippen molar-refractivity contribution in [2.24, 2.45) is 0 Å². The Hall–Kier alpha value is -3.35. The minimum absolute atomic E-state index is 0.0302. The molecular formula is C21H26N4O3. The molecule has 28 heavy (non-hydrogen) atoms. The Balaban J connectivity index is 1.91. The molecule has 7 heteroatoms. The van der Waals surface area contributed by atoms with E-state index in [-0.39, 0.29) is 24.3 Å². The Labute approximate surface area is 165 Å². The van der Waals surface area contributed by atoms with Crippen molar-refractivity contribution in [2.45, 2.75) is 20.8 Å². The topological polar surface area (TPSA) is 90.5 Å². The van der Waals surface area contributed by atoms with Gasteiger partial charge in [-0.2, -0.15) is 0 Å². The first-order chi connectivity index (χ1) is 13.4. The number of nitrogens with zero attached hydrogens (tertiary/aromatic N) is 1. The minimum atomic E-state index is -0.215. The summed E-state index contributed by atoms with van der Waals surface area (Å²) < 4.78 is 0. The van der Waals surface area contributed by atoms with Crippen LogP contribution >= 0.6 is 0 Å². The fourth-order valence-electron chi connectivity index (χ4n) is 2.68. The summed E-state index contributed by atoms with van der Waals surface area (Å²) in [6.45, 7) is 6.68. The summed E-state index contributed by atoms with van der Waals surface area (Å²) in [5.74, 6) is -0.396. The van der Waals surface area contributed by atoms with Crippen molar-refractivity contribution >= 4 is 34.8 Å². The standard InChI is InChI=1S/C21H26N4O3/c1-4-25(5-2)21(28)16-7-6-8-19(13-16)22-14-20(27)24-18-11-9-17(10-12-18)23-15(3)26/h6-13,22H,4-5,14H2,1-3H3,(H,23,26)(H,24,27). The molecule has 0 unspecified atom stereocenters. The summed E-state index contributed by atoms with van der Waals surface area (Å²) in [4.78, 5) is 37.3. The monoisotopic (exact) mass is 382 g/mol. The van der Waals surface area contributed by atoms with Gasteiger partial charge in [-0.1, -0.05) is 6.07 Å². The van der Waals surface area contributed by atoms with E-state index < -0.39 is 0 Å². The summed E-state index contributed by atoms with van der Waals surface area (Å²) in [6.07, 6.45) is 0. The second kappa shape index (κ2) is 10.1. The summed E-state index contributed by atoms with van der Waals surface area (Å²) >= 11 is 0. The highest BCUT2D eigenvalue weighted by atomic mass is 16.2. The van der Waals surface area contributed by atoms with Crippen molar-refractivity contribution in [1.29, 1.82) is 0 Å². The zero-order valence-corrected chi connectivity index (χ0v) is 16.4. The molecule has 0 aliphatic heterocycles. The van der Waals surface area contributed by atoms with Gasteiger partial charge in [0.25, 0.3) is 5.91 Å². The van der Waals surface area contributed by atoms with E-state index in [0.29, 0.717) is 35.7 Å². The summed E-state index contributed by atoms with van der Waals surface area (Å²) in [5.41, 5.74) is 2.58. The van der Waals surface area contributed by atoms with E-state index >= 15 is 0 Å². The number of carbonyl (C=O) groups excluding carboxylic acids is 3. The lowest BCUT2D eigenvalue weighted by atomic mass is 10.1. The molecule has 0 bridgehead atoms. The smallest absolute Gasteiger partial charge is 0.253 e. The number of hydrogen-bond acceptors (Lipinski definition) is 4. The van der Waals surface area contributed by atoms with Crippen LogP contribution in [0.4, 0.5) is 17.1 Å². The third-order valence-electron chi connectivity index (χ3n) is 4.10. The molecule has 0 spiro atoms. The summed E-state index contributed by atoms with van der Waals surface area (Å²) in [7, 11) is 0.